The first-order valence-corrected chi connectivity index (χ1v) is 10.4. The lowest BCUT2D eigenvalue weighted by atomic mass is 9.76. The summed E-state index contributed by atoms with van der Waals surface area (Å²) in [6.07, 6.45) is -0.491. The van der Waals surface area contributed by atoms with Crippen molar-refractivity contribution in [1.82, 2.24) is 0 Å². The second kappa shape index (κ2) is 9.65. The molecule has 2 aromatic carbocycles. The third-order valence-electron chi connectivity index (χ3n) is 5.78. The first-order chi connectivity index (χ1) is 14.3. The lowest BCUT2D eigenvalue weighted by molar-refractivity contribution is -0.162. The molecule has 0 aromatic heterocycles. The number of rotatable bonds is 7. The van der Waals surface area contributed by atoms with Crippen LogP contribution < -0.4 is 0 Å². The number of benzene rings is 2. The Morgan fingerprint density at radius 3 is 2.10 bits per heavy atom. The van der Waals surface area contributed by atoms with Crippen LogP contribution in [0.5, 0.6) is 0 Å². The normalized spacial score (nSPS) is 16.3. The Bertz CT molecular complexity index is 820. The van der Waals surface area contributed by atoms with Crippen molar-refractivity contribution < 1.29 is 27.4 Å². The summed E-state index contributed by atoms with van der Waals surface area (Å²) >= 11 is 0. The smallest absolute Gasteiger partial charge is 0.416 e. The van der Waals surface area contributed by atoms with E-state index in [1.807, 2.05) is 31.2 Å². The minimum atomic E-state index is -4.33. The highest BCUT2D eigenvalue weighted by molar-refractivity contribution is 5.77. The van der Waals surface area contributed by atoms with Gasteiger partial charge in [0, 0.05) is 13.2 Å². The van der Waals surface area contributed by atoms with E-state index in [1.165, 1.54) is 12.1 Å². The van der Waals surface area contributed by atoms with Crippen molar-refractivity contribution in [2.24, 2.45) is 5.41 Å². The molecule has 0 aliphatic carbocycles. The average molecular weight is 420 g/mol. The maximum absolute atomic E-state index is 12.7. The third kappa shape index (κ3) is 5.42. The van der Waals surface area contributed by atoms with Crippen molar-refractivity contribution in [2.75, 3.05) is 19.8 Å². The molecule has 1 fully saturated rings. The number of hydrogen-bond acceptors (Lipinski definition) is 3. The molecule has 1 aliphatic rings. The van der Waals surface area contributed by atoms with E-state index >= 15 is 0 Å². The predicted molar refractivity (Wildman–Crippen MR) is 109 cm³/mol. The summed E-state index contributed by atoms with van der Waals surface area (Å²) in [6, 6.07) is 13.0. The molecule has 1 aliphatic heterocycles. The summed E-state index contributed by atoms with van der Waals surface area (Å²) in [6.45, 7) is 3.37. The predicted octanol–water partition coefficient (Wildman–Crippen LogP) is 6.06. The summed E-state index contributed by atoms with van der Waals surface area (Å²) in [5.41, 5.74) is 1.66. The molecule has 0 unspecified atom stereocenters. The monoisotopic (exact) mass is 420 g/mol. The standard InChI is InChI=1S/C24H27F3O3/c1-2-30-22(28)23(14-16-29-17-15-23)13-3-4-18-5-7-19(8-6-18)20-9-11-21(12-10-20)24(25,26)27/h5-12H,2-4,13-17H2,1H3. The number of carbonyl (C=O) groups is 1. The number of esters is 1. The number of aryl methyl sites for hydroxylation is 1. The summed E-state index contributed by atoms with van der Waals surface area (Å²) < 4.78 is 48.9. The van der Waals surface area contributed by atoms with Gasteiger partial charge in [0.05, 0.1) is 17.6 Å². The molecule has 0 spiro atoms. The number of hydrogen-bond donors (Lipinski definition) is 0. The van der Waals surface area contributed by atoms with Gasteiger partial charge in [-0.3, -0.25) is 4.79 Å². The second-order valence-electron chi connectivity index (χ2n) is 7.74. The molecule has 0 saturated carbocycles. The summed E-state index contributed by atoms with van der Waals surface area (Å²) in [4.78, 5) is 12.5. The molecule has 1 saturated heterocycles. The average Bonchev–Trinajstić information content (AvgIpc) is 2.74. The van der Waals surface area contributed by atoms with Gasteiger partial charge in [-0.25, -0.2) is 0 Å². The molecule has 162 valence electrons. The van der Waals surface area contributed by atoms with Crippen LogP contribution in [0.25, 0.3) is 11.1 Å². The Balaban J connectivity index is 1.59. The zero-order valence-electron chi connectivity index (χ0n) is 17.1. The van der Waals surface area contributed by atoms with Gasteiger partial charge in [0.2, 0.25) is 0 Å². The molecule has 1 heterocycles. The third-order valence-corrected chi connectivity index (χ3v) is 5.78. The van der Waals surface area contributed by atoms with Gasteiger partial charge < -0.3 is 9.47 Å². The fraction of sp³-hybridized carbons (Fsp3) is 0.458. The highest BCUT2D eigenvalue weighted by atomic mass is 19.4. The second-order valence-corrected chi connectivity index (χ2v) is 7.74. The fourth-order valence-electron chi connectivity index (χ4n) is 3.95. The largest absolute Gasteiger partial charge is 0.466 e. The van der Waals surface area contributed by atoms with E-state index in [2.05, 4.69) is 0 Å². The topological polar surface area (TPSA) is 35.5 Å². The van der Waals surface area contributed by atoms with E-state index < -0.39 is 17.2 Å². The van der Waals surface area contributed by atoms with E-state index in [-0.39, 0.29) is 5.97 Å². The van der Waals surface area contributed by atoms with Crippen LogP contribution in [0.2, 0.25) is 0 Å². The Kier molecular flexibility index (Phi) is 7.19. The molecule has 30 heavy (non-hydrogen) atoms. The number of halogens is 3. The Morgan fingerprint density at radius 2 is 1.57 bits per heavy atom. The van der Waals surface area contributed by atoms with Crippen molar-refractivity contribution in [1.29, 1.82) is 0 Å². The molecule has 3 rings (SSSR count). The highest BCUT2D eigenvalue weighted by Crippen LogP contribution is 2.37. The van der Waals surface area contributed by atoms with Gasteiger partial charge in [-0.15, -0.1) is 0 Å². The lowest BCUT2D eigenvalue weighted by Gasteiger charge is -2.34. The molecule has 6 heteroatoms. The van der Waals surface area contributed by atoms with Crippen LogP contribution in [0.3, 0.4) is 0 Å². The molecular formula is C24H27F3O3. The molecule has 2 aromatic rings. The Labute approximate surface area is 175 Å². The quantitative estimate of drug-likeness (QED) is 0.511. The van der Waals surface area contributed by atoms with E-state index in [9.17, 15) is 18.0 Å². The minimum Gasteiger partial charge on any atom is -0.466 e. The molecule has 0 atom stereocenters. The van der Waals surface area contributed by atoms with Crippen molar-refractivity contribution in [3.8, 4) is 11.1 Å². The number of carbonyl (C=O) groups excluding carboxylic acids is 1. The van der Waals surface area contributed by atoms with Gasteiger partial charge in [0.25, 0.3) is 0 Å². The molecule has 0 radical (unpaired) electrons. The van der Waals surface area contributed by atoms with Gasteiger partial charge in [0.15, 0.2) is 0 Å². The van der Waals surface area contributed by atoms with Crippen LogP contribution in [-0.2, 0) is 26.9 Å². The zero-order chi connectivity index (χ0) is 21.6. The first kappa shape index (κ1) is 22.3. The van der Waals surface area contributed by atoms with E-state index in [0.29, 0.717) is 32.7 Å². The van der Waals surface area contributed by atoms with Gasteiger partial charge in [-0.2, -0.15) is 13.2 Å². The maximum atomic E-state index is 12.7. The van der Waals surface area contributed by atoms with Crippen LogP contribution >= 0.6 is 0 Å². The van der Waals surface area contributed by atoms with Crippen LogP contribution in [-0.4, -0.2) is 25.8 Å². The van der Waals surface area contributed by atoms with Gasteiger partial charge >= 0.3 is 12.1 Å². The fourth-order valence-corrected chi connectivity index (χ4v) is 3.95. The van der Waals surface area contributed by atoms with E-state index in [4.69, 9.17) is 9.47 Å². The maximum Gasteiger partial charge on any atom is 0.416 e. The zero-order valence-corrected chi connectivity index (χ0v) is 17.1. The van der Waals surface area contributed by atoms with Crippen LogP contribution in [0.4, 0.5) is 13.2 Å². The van der Waals surface area contributed by atoms with E-state index in [0.717, 1.165) is 48.1 Å². The van der Waals surface area contributed by atoms with Crippen LogP contribution in [0.15, 0.2) is 48.5 Å². The molecule has 0 bridgehead atoms. The number of alkyl halides is 3. The molecule has 0 amide bonds. The van der Waals surface area contributed by atoms with E-state index in [1.54, 1.807) is 0 Å². The molecular weight excluding hydrogens is 393 g/mol. The SMILES string of the molecule is CCOC(=O)C1(CCCc2ccc(-c3ccc(C(F)(F)F)cc3)cc2)CCOCC1. The Morgan fingerprint density at radius 1 is 1.00 bits per heavy atom. The summed E-state index contributed by atoms with van der Waals surface area (Å²) in [7, 11) is 0. The van der Waals surface area contributed by atoms with Gasteiger partial charge in [-0.1, -0.05) is 36.4 Å². The van der Waals surface area contributed by atoms with Crippen molar-refractivity contribution in [3.05, 3.63) is 59.7 Å². The lowest BCUT2D eigenvalue weighted by Crippen LogP contribution is -2.38. The van der Waals surface area contributed by atoms with Crippen LogP contribution in [0.1, 0.15) is 43.7 Å². The Hall–Kier alpha value is -2.34. The van der Waals surface area contributed by atoms with Crippen LogP contribution in [0, 0.1) is 5.41 Å². The van der Waals surface area contributed by atoms with Gasteiger partial charge in [0.1, 0.15) is 0 Å². The summed E-state index contributed by atoms with van der Waals surface area (Å²) in [5.74, 6) is -0.119. The van der Waals surface area contributed by atoms with Crippen molar-refractivity contribution in [2.45, 2.75) is 45.2 Å². The number of ether oxygens (including phenoxy) is 2. The molecule has 0 N–H and O–H groups in total. The minimum absolute atomic E-state index is 0.119. The molecule has 3 nitrogen and oxygen atoms in total. The van der Waals surface area contributed by atoms with Crippen molar-refractivity contribution in [3.63, 3.8) is 0 Å². The van der Waals surface area contributed by atoms with Crippen molar-refractivity contribution >= 4 is 5.97 Å². The highest BCUT2D eigenvalue weighted by Gasteiger charge is 2.40. The van der Waals surface area contributed by atoms with Gasteiger partial charge in [-0.05, 0) is 67.9 Å². The first-order valence-electron chi connectivity index (χ1n) is 10.4. The summed E-state index contributed by atoms with van der Waals surface area (Å²) in [5, 5.41) is 0.